The third kappa shape index (κ3) is 4.21. The summed E-state index contributed by atoms with van der Waals surface area (Å²) in [6.07, 6.45) is 1.73. The van der Waals surface area contributed by atoms with E-state index in [-0.39, 0.29) is 18.6 Å². The van der Waals surface area contributed by atoms with Gasteiger partial charge < -0.3 is 20.5 Å². The molecule has 1 aromatic rings. The molecule has 5 nitrogen and oxygen atoms in total. The fraction of sp³-hybridized carbons (Fsp3) is 0.533. The Morgan fingerprint density at radius 2 is 2.20 bits per heavy atom. The van der Waals surface area contributed by atoms with Gasteiger partial charge in [-0.25, -0.2) is 0 Å². The quantitative estimate of drug-likeness (QED) is 0.846. The summed E-state index contributed by atoms with van der Waals surface area (Å²) in [6, 6.07) is 5.99. The normalized spacial score (nSPS) is 15.9. The van der Waals surface area contributed by atoms with Gasteiger partial charge in [0.15, 0.2) is 6.61 Å². The lowest BCUT2D eigenvalue weighted by Crippen LogP contribution is -2.41. The van der Waals surface area contributed by atoms with E-state index in [1.54, 1.807) is 0 Å². The number of amides is 1. The summed E-state index contributed by atoms with van der Waals surface area (Å²) in [7, 11) is 0. The third-order valence-electron chi connectivity index (χ3n) is 3.38. The van der Waals surface area contributed by atoms with Crippen molar-refractivity contribution in [3.8, 4) is 5.75 Å². The summed E-state index contributed by atoms with van der Waals surface area (Å²) in [5, 5.41) is 2.96. The zero-order valence-electron chi connectivity index (χ0n) is 11.9. The predicted octanol–water partition coefficient (Wildman–Crippen LogP) is 1.13. The molecule has 0 saturated carbocycles. The van der Waals surface area contributed by atoms with Crippen LogP contribution in [0.25, 0.3) is 0 Å². The van der Waals surface area contributed by atoms with E-state index in [1.807, 2.05) is 25.1 Å². The van der Waals surface area contributed by atoms with Crippen LogP contribution in [0.1, 0.15) is 24.0 Å². The Bertz CT molecular complexity index is 456. The van der Waals surface area contributed by atoms with Crippen LogP contribution >= 0.6 is 0 Å². The molecule has 0 aromatic heterocycles. The van der Waals surface area contributed by atoms with E-state index in [2.05, 4.69) is 5.32 Å². The van der Waals surface area contributed by atoms with Crippen molar-refractivity contribution in [1.29, 1.82) is 0 Å². The van der Waals surface area contributed by atoms with E-state index in [9.17, 15) is 4.79 Å². The van der Waals surface area contributed by atoms with Crippen LogP contribution in [0.4, 0.5) is 0 Å². The highest BCUT2D eigenvalue weighted by Crippen LogP contribution is 2.19. The number of aryl methyl sites for hydroxylation is 1. The first-order chi connectivity index (χ1) is 9.69. The number of hydrogen-bond acceptors (Lipinski definition) is 4. The number of carbonyl (C=O) groups excluding carboxylic acids is 1. The van der Waals surface area contributed by atoms with Crippen LogP contribution in [-0.2, 0) is 16.1 Å². The van der Waals surface area contributed by atoms with Crippen molar-refractivity contribution in [1.82, 2.24) is 5.32 Å². The highest BCUT2D eigenvalue weighted by molar-refractivity contribution is 5.77. The smallest absolute Gasteiger partial charge is 0.258 e. The van der Waals surface area contributed by atoms with Crippen molar-refractivity contribution >= 4 is 5.91 Å². The van der Waals surface area contributed by atoms with E-state index < -0.39 is 0 Å². The second kappa shape index (κ2) is 7.26. The molecule has 0 radical (unpaired) electrons. The SMILES string of the molecule is Cc1ccc(OCC(=O)NC2CCOCC2)c(CN)c1. The molecule has 1 fully saturated rings. The third-order valence-corrected chi connectivity index (χ3v) is 3.38. The number of benzene rings is 1. The zero-order chi connectivity index (χ0) is 14.4. The molecule has 0 aliphatic carbocycles. The second-order valence-corrected chi connectivity index (χ2v) is 5.06. The maximum Gasteiger partial charge on any atom is 0.258 e. The first-order valence-corrected chi connectivity index (χ1v) is 6.98. The van der Waals surface area contributed by atoms with Gasteiger partial charge in [0.1, 0.15) is 5.75 Å². The van der Waals surface area contributed by atoms with Gasteiger partial charge in [0.25, 0.3) is 5.91 Å². The molecule has 1 heterocycles. The van der Waals surface area contributed by atoms with Gasteiger partial charge in [-0.1, -0.05) is 17.7 Å². The number of nitrogens with two attached hydrogens (primary N) is 1. The fourth-order valence-electron chi connectivity index (χ4n) is 2.26. The molecular formula is C15H22N2O3. The Kier molecular flexibility index (Phi) is 5.38. The Hall–Kier alpha value is -1.59. The average molecular weight is 278 g/mol. The summed E-state index contributed by atoms with van der Waals surface area (Å²) in [5.74, 6) is 0.584. The lowest BCUT2D eigenvalue weighted by Gasteiger charge is -2.23. The van der Waals surface area contributed by atoms with Crippen molar-refractivity contribution in [3.63, 3.8) is 0 Å². The Morgan fingerprint density at radius 1 is 1.45 bits per heavy atom. The van der Waals surface area contributed by atoms with Gasteiger partial charge in [-0.2, -0.15) is 0 Å². The minimum atomic E-state index is -0.0968. The molecule has 1 amide bonds. The molecule has 110 valence electrons. The number of hydrogen-bond donors (Lipinski definition) is 2. The molecule has 3 N–H and O–H groups in total. The van der Waals surface area contributed by atoms with Gasteiger partial charge in [0.2, 0.25) is 0 Å². The fourth-order valence-corrected chi connectivity index (χ4v) is 2.26. The molecule has 1 aliphatic rings. The zero-order valence-corrected chi connectivity index (χ0v) is 11.9. The molecule has 1 aliphatic heterocycles. The van der Waals surface area contributed by atoms with E-state index in [1.165, 1.54) is 0 Å². The van der Waals surface area contributed by atoms with Crippen molar-refractivity contribution in [2.24, 2.45) is 5.73 Å². The number of carbonyl (C=O) groups is 1. The van der Waals surface area contributed by atoms with Crippen molar-refractivity contribution in [2.75, 3.05) is 19.8 Å². The van der Waals surface area contributed by atoms with Crippen LogP contribution < -0.4 is 15.8 Å². The summed E-state index contributed by atoms with van der Waals surface area (Å²) in [6.45, 7) is 3.84. The highest BCUT2D eigenvalue weighted by atomic mass is 16.5. The van der Waals surface area contributed by atoms with Gasteiger partial charge in [0, 0.05) is 31.4 Å². The molecule has 0 spiro atoms. The molecule has 1 saturated heterocycles. The van der Waals surface area contributed by atoms with Crippen LogP contribution in [0.3, 0.4) is 0 Å². The monoisotopic (exact) mass is 278 g/mol. The van der Waals surface area contributed by atoms with Crippen LogP contribution in [0.2, 0.25) is 0 Å². The lowest BCUT2D eigenvalue weighted by molar-refractivity contribution is -0.124. The first kappa shape index (κ1) is 14.8. The summed E-state index contributed by atoms with van der Waals surface area (Å²) in [4.78, 5) is 11.8. The van der Waals surface area contributed by atoms with E-state index >= 15 is 0 Å². The maximum atomic E-state index is 11.8. The Morgan fingerprint density at radius 3 is 2.90 bits per heavy atom. The first-order valence-electron chi connectivity index (χ1n) is 6.98. The average Bonchev–Trinajstić information content (AvgIpc) is 2.47. The van der Waals surface area contributed by atoms with Gasteiger partial charge >= 0.3 is 0 Å². The maximum absolute atomic E-state index is 11.8. The molecule has 0 atom stereocenters. The van der Waals surface area contributed by atoms with Gasteiger partial charge in [-0.05, 0) is 25.8 Å². The highest BCUT2D eigenvalue weighted by Gasteiger charge is 2.16. The molecule has 2 rings (SSSR count). The molecule has 0 bridgehead atoms. The Labute approximate surface area is 119 Å². The molecule has 5 heteroatoms. The molecule has 20 heavy (non-hydrogen) atoms. The molecular weight excluding hydrogens is 256 g/mol. The second-order valence-electron chi connectivity index (χ2n) is 5.06. The predicted molar refractivity (Wildman–Crippen MR) is 76.5 cm³/mol. The summed E-state index contributed by atoms with van der Waals surface area (Å²) >= 11 is 0. The van der Waals surface area contributed by atoms with Gasteiger partial charge in [-0.3, -0.25) is 4.79 Å². The van der Waals surface area contributed by atoms with Gasteiger partial charge in [-0.15, -0.1) is 0 Å². The minimum absolute atomic E-state index is 0.0212. The van der Waals surface area contributed by atoms with E-state index in [0.29, 0.717) is 25.5 Å². The lowest BCUT2D eigenvalue weighted by atomic mass is 10.1. The standard InChI is InChI=1S/C15H22N2O3/c1-11-2-3-14(12(8-11)9-16)20-10-15(18)17-13-4-6-19-7-5-13/h2-3,8,13H,4-7,9-10,16H2,1H3,(H,17,18). The number of nitrogens with one attached hydrogen (secondary N) is 1. The van der Waals surface area contributed by atoms with E-state index in [4.69, 9.17) is 15.2 Å². The minimum Gasteiger partial charge on any atom is -0.483 e. The molecule has 0 unspecified atom stereocenters. The van der Waals surface area contributed by atoms with Crippen molar-refractivity contribution in [3.05, 3.63) is 29.3 Å². The summed E-state index contributed by atoms with van der Waals surface area (Å²) < 4.78 is 10.8. The molecule has 1 aromatic carbocycles. The Balaban J connectivity index is 1.83. The van der Waals surface area contributed by atoms with Crippen LogP contribution in [0.15, 0.2) is 18.2 Å². The number of ether oxygens (including phenoxy) is 2. The van der Waals surface area contributed by atoms with Crippen LogP contribution in [0.5, 0.6) is 5.75 Å². The largest absolute Gasteiger partial charge is 0.483 e. The van der Waals surface area contributed by atoms with E-state index in [0.717, 1.165) is 24.0 Å². The number of rotatable bonds is 5. The van der Waals surface area contributed by atoms with Crippen molar-refractivity contribution in [2.45, 2.75) is 32.4 Å². The van der Waals surface area contributed by atoms with Crippen LogP contribution in [0, 0.1) is 6.92 Å². The van der Waals surface area contributed by atoms with Crippen molar-refractivity contribution < 1.29 is 14.3 Å². The van der Waals surface area contributed by atoms with Gasteiger partial charge in [0.05, 0.1) is 0 Å². The summed E-state index contributed by atoms with van der Waals surface area (Å²) in [5.41, 5.74) is 7.73. The topological polar surface area (TPSA) is 73.6 Å². The van der Waals surface area contributed by atoms with Crippen LogP contribution in [-0.4, -0.2) is 31.8 Å².